The van der Waals surface area contributed by atoms with Crippen molar-refractivity contribution in [2.45, 2.75) is 25.8 Å². The highest BCUT2D eigenvalue weighted by Gasteiger charge is 2.21. The Balaban J connectivity index is 2.62. The van der Waals surface area contributed by atoms with Crippen LogP contribution in [0.15, 0.2) is 30.3 Å². The Kier molecular flexibility index (Phi) is 7.42. The lowest BCUT2D eigenvalue weighted by molar-refractivity contribution is -0.138. The molecule has 0 radical (unpaired) electrons. The van der Waals surface area contributed by atoms with Gasteiger partial charge in [-0.05, 0) is 25.5 Å². The van der Waals surface area contributed by atoms with Crippen molar-refractivity contribution in [2.75, 3.05) is 25.0 Å². The molecule has 6 nitrogen and oxygen atoms in total. The molecule has 116 valence electrons. The molecule has 0 bridgehead atoms. The van der Waals surface area contributed by atoms with Gasteiger partial charge in [0.15, 0.2) is 0 Å². The van der Waals surface area contributed by atoms with Crippen molar-refractivity contribution in [2.24, 2.45) is 0 Å². The highest BCUT2D eigenvalue weighted by molar-refractivity contribution is 5.94. The van der Waals surface area contributed by atoms with Crippen LogP contribution in [0, 0.1) is 0 Å². The van der Waals surface area contributed by atoms with E-state index in [1.165, 1.54) is 0 Å². The Morgan fingerprint density at radius 1 is 1.24 bits per heavy atom. The molecule has 0 aliphatic heterocycles. The van der Waals surface area contributed by atoms with Crippen molar-refractivity contribution in [1.29, 1.82) is 0 Å². The molecule has 0 fully saturated rings. The maximum Gasteiger partial charge on any atom is 0.304 e. The molecular formula is C15H22N2O4. The summed E-state index contributed by atoms with van der Waals surface area (Å²) >= 11 is 0. The van der Waals surface area contributed by atoms with Crippen LogP contribution in [0.4, 0.5) is 5.69 Å². The maximum absolute atomic E-state index is 12.2. The number of hydrogen-bond donors (Lipinski definition) is 3. The van der Waals surface area contributed by atoms with Crippen LogP contribution < -0.4 is 5.32 Å². The molecule has 0 saturated carbocycles. The lowest BCUT2D eigenvalue weighted by Crippen LogP contribution is -2.43. The summed E-state index contributed by atoms with van der Waals surface area (Å²) in [7, 11) is 0. The third kappa shape index (κ3) is 6.37. The minimum absolute atomic E-state index is 0.0105. The molecule has 0 aliphatic rings. The number of rotatable bonds is 9. The predicted octanol–water partition coefficient (Wildman–Crippen LogP) is 1.17. The first-order valence-electron chi connectivity index (χ1n) is 6.97. The van der Waals surface area contributed by atoms with E-state index in [4.69, 9.17) is 10.2 Å². The first kappa shape index (κ1) is 17.1. The van der Waals surface area contributed by atoms with E-state index in [9.17, 15) is 9.59 Å². The molecule has 1 aromatic carbocycles. The first-order valence-corrected chi connectivity index (χ1v) is 6.97. The second-order valence-electron chi connectivity index (χ2n) is 4.79. The van der Waals surface area contributed by atoms with Gasteiger partial charge < -0.3 is 15.5 Å². The van der Waals surface area contributed by atoms with Crippen LogP contribution in [0.5, 0.6) is 0 Å². The summed E-state index contributed by atoms with van der Waals surface area (Å²) in [6.45, 7) is 2.50. The van der Waals surface area contributed by atoms with Gasteiger partial charge in [-0.3, -0.25) is 14.5 Å². The van der Waals surface area contributed by atoms with Gasteiger partial charge in [-0.15, -0.1) is 0 Å². The molecule has 1 amide bonds. The summed E-state index contributed by atoms with van der Waals surface area (Å²) < 4.78 is 0. The number of nitrogens with zero attached hydrogens (tertiary/aromatic N) is 1. The molecule has 21 heavy (non-hydrogen) atoms. The largest absolute Gasteiger partial charge is 0.481 e. The Morgan fingerprint density at radius 2 is 1.90 bits per heavy atom. The van der Waals surface area contributed by atoms with Crippen LogP contribution in [0.1, 0.15) is 19.8 Å². The summed E-state index contributed by atoms with van der Waals surface area (Å²) in [6.07, 6.45) is 0.469. The minimum Gasteiger partial charge on any atom is -0.481 e. The maximum atomic E-state index is 12.2. The molecule has 0 saturated heterocycles. The number of benzene rings is 1. The smallest absolute Gasteiger partial charge is 0.304 e. The molecule has 0 heterocycles. The third-order valence-corrected chi connectivity index (χ3v) is 3.18. The Morgan fingerprint density at radius 3 is 2.48 bits per heavy atom. The number of anilines is 1. The van der Waals surface area contributed by atoms with Gasteiger partial charge in [-0.1, -0.05) is 18.2 Å². The fourth-order valence-electron chi connectivity index (χ4n) is 1.95. The predicted molar refractivity (Wildman–Crippen MR) is 80.1 cm³/mol. The molecule has 0 aliphatic carbocycles. The molecule has 1 rings (SSSR count). The second kappa shape index (κ2) is 9.10. The van der Waals surface area contributed by atoms with Crippen molar-refractivity contribution < 1.29 is 19.8 Å². The highest BCUT2D eigenvalue weighted by atomic mass is 16.4. The fraction of sp³-hybridized carbons (Fsp3) is 0.467. The van der Waals surface area contributed by atoms with Crippen LogP contribution in [0.25, 0.3) is 0 Å². The second-order valence-corrected chi connectivity index (χ2v) is 4.79. The number of hydrogen-bond acceptors (Lipinski definition) is 4. The van der Waals surface area contributed by atoms with Gasteiger partial charge in [-0.25, -0.2) is 0 Å². The average molecular weight is 294 g/mol. The van der Waals surface area contributed by atoms with Gasteiger partial charge in [0.1, 0.15) is 0 Å². The van der Waals surface area contributed by atoms with E-state index in [2.05, 4.69) is 5.32 Å². The average Bonchev–Trinajstić information content (AvgIpc) is 2.47. The van der Waals surface area contributed by atoms with Crippen molar-refractivity contribution in [3.63, 3.8) is 0 Å². The normalized spacial score (nSPS) is 12.1. The molecule has 6 heteroatoms. The van der Waals surface area contributed by atoms with Gasteiger partial charge in [-0.2, -0.15) is 0 Å². The van der Waals surface area contributed by atoms with Crippen LogP contribution in [-0.2, 0) is 9.59 Å². The van der Waals surface area contributed by atoms with Gasteiger partial charge >= 0.3 is 5.97 Å². The number of para-hydroxylation sites is 1. The van der Waals surface area contributed by atoms with Crippen LogP contribution in [0.3, 0.4) is 0 Å². The molecule has 0 spiro atoms. The van der Waals surface area contributed by atoms with Gasteiger partial charge in [0, 0.05) is 25.4 Å². The summed E-state index contributed by atoms with van der Waals surface area (Å²) in [6, 6.07) is 8.64. The number of nitrogens with one attached hydrogen (secondary N) is 1. The number of amides is 1. The minimum atomic E-state index is -0.903. The lowest BCUT2D eigenvalue weighted by Gasteiger charge is -2.27. The molecule has 1 unspecified atom stereocenters. The zero-order valence-corrected chi connectivity index (χ0v) is 12.2. The number of carboxylic acids is 1. The highest BCUT2D eigenvalue weighted by Crippen LogP contribution is 2.09. The molecule has 1 atom stereocenters. The van der Waals surface area contributed by atoms with Crippen molar-refractivity contribution >= 4 is 17.6 Å². The molecule has 3 N–H and O–H groups in total. The zero-order chi connectivity index (χ0) is 15.7. The molecular weight excluding hydrogens is 272 g/mol. The van der Waals surface area contributed by atoms with Gasteiger partial charge in [0.2, 0.25) is 5.91 Å². The Labute approximate surface area is 124 Å². The van der Waals surface area contributed by atoms with E-state index in [0.717, 1.165) is 0 Å². The van der Waals surface area contributed by atoms with Gasteiger partial charge in [0.05, 0.1) is 12.5 Å². The van der Waals surface area contributed by atoms with E-state index in [-0.39, 0.29) is 25.5 Å². The number of aliphatic hydroxyl groups excluding tert-OH is 1. The molecule has 0 aromatic heterocycles. The number of aliphatic hydroxyl groups is 1. The van der Waals surface area contributed by atoms with Crippen molar-refractivity contribution in [1.82, 2.24) is 4.90 Å². The van der Waals surface area contributed by atoms with Crippen LogP contribution >= 0.6 is 0 Å². The number of aliphatic carboxylic acids is 1. The van der Waals surface area contributed by atoms with Gasteiger partial charge in [0.25, 0.3) is 0 Å². The quantitative estimate of drug-likeness (QED) is 0.636. The number of carbonyl (C=O) groups is 2. The Hall–Kier alpha value is -1.92. The van der Waals surface area contributed by atoms with E-state index in [1.54, 1.807) is 24.0 Å². The van der Waals surface area contributed by atoms with E-state index >= 15 is 0 Å². The topological polar surface area (TPSA) is 89.9 Å². The van der Waals surface area contributed by atoms with E-state index in [0.29, 0.717) is 18.7 Å². The zero-order valence-electron chi connectivity index (χ0n) is 12.2. The fourth-order valence-corrected chi connectivity index (χ4v) is 1.95. The monoisotopic (exact) mass is 294 g/mol. The van der Waals surface area contributed by atoms with Crippen LogP contribution in [-0.4, -0.2) is 52.7 Å². The summed E-state index contributed by atoms with van der Waals surface area (Å²) in [4.78, 5) is 24.6. The van der Waals surface area contributed by atoms with Crippen LogP contribution in [0.2, 0.25) is 0 Å². The van der Waals surface area contributed by atoms with E-state index in [1.807, 2.05) is 18.2 Å². The summed E-state index contributed by atoms with van der Waals surface area (Å²) in [5, 5.41) is 20.5. The number of carboxylic acid groups (broad SMARTS) is 1. The summed E-state index contributed by atoms with van der Waals surface area (Å²) in [5.74, 6) is -1.09. The third-order valence-electron chi connectivity index (χ3n) is 3.18. The first-order chi connectivity index (χ1) is 10.0. The Bertz CT molecular complexity index is 450. The molecule has 1 aromatic rings. The number of carbonyl (C=O) groups excluding carboxylic acids is 1. The lowest BCUT2D eigenvalue weighted by atomic mass is 10.2. The van der Waals surface area contributed by atoms with Crippen molar-refractivity contribution in [3.05, 3.63) is 30.3 Å². The SMILES string of the molecule is CC(C(=O)Nc1ccccc1)N(CCCO)CCC(=O)O. The van der Waals surface area contributed by atoms with E-state index < -0.39 is 12.0 Å². The standard InChI is InChI=1S/C15H22N2O4/c1-12(15(21)16-13-6-3-2-4-7-13)17(9-5-11-18)10-8-14(19)20/h2-4,6-7,12,18H,5,8-11H2,1H3,(H,16,21)(H,19,20). The van der Waals surface area contributed by atoms with Crippen molar-refractivity contribution in [3.8, 4) is 0 Å². The summed E-state index contributed by atoms with van der Waals surface area (Å²) in [5.41, 5.74) is 0.703.